The number of nitrogens with zero attached hydrogens (tertiary/aromatic N) is 1. The number of ether oxygens (including phenoxy) is 3. The molecule has 0 saturated carbocycles. The summed E-state index contributed by atoms with van der Waals surface area (Å²) in [6.45, 7) is 8.55. The van der Waals surface area contributed by atoms with Crippen LogP contribution >= 0.6 is 11.8 Å². The molecule has 2 aromatic carbocycles. The molecule has 1 heterocycles. The van der Waals surface area contributed by atoms with Crippen molar-refractivity contribution in [2.24, 2.45) is 0 Å². The van der Waals surface area contributed by atoms with Crippen molar-refractivity contribution in [3.8, 4) is 0 Å². The average molecular weight is 628 g/mol. The topological polar surface area (TPSA) is 140 Å². The van der Waals surface area contributed by atoms with E-state index in [1.165, 1.54) is 16.7 Å². The fraction of sp³-hybridized carbons (Fsp3) is 0.469. The van der Waals surface area contributed by atoms with Gasteiger partial charge in [0.1, 0.15) is 24.7 Å². The molecule has 3 atom stereocenters. The lowest BCUT2D eigenvalue weighted by Crippen LogP contribution is -2.58. The van der Waals surface area contributed by atoms with Crippen molar-refractivity contribution in [2.75, 3.05) is 18.2 Å². The van der Waals surface area contributed by atoms with Crippen LogP contribution in [0.25, 0.3) is 0 Å². The van der Waals surface area contributed by atoms with Crippen molar-refractivity contribution in [1.82, 2.24) is 15.5 Å². The van der Waals surface area contributed by atoms with Crippen molar-refractivity contribution in [2.45, 2.75) is 77.5 Å². The summed E-state index contributed by atoms with van der Waals surface area (Å²) in [5, 5.41) is 5.27. The van der Waals surface area contributed by atoms with Gasteiger partial charge in [0, 0.05) is 12.2 Å². The molecule has 2 aromatic rings. The summed E-state index contributed by atoms with van der Waals surface area (Å²) in [6, 6.07) is 14.8. The van der Waals surface area contributed by atoms with Gasteiger partial charge in [0.15, 0.2) is 0 Å². The Morgan fingerprint density at radius 3 is 2.11 bits per heavy atom. The molecule has 1 aliphatic rings. The van der Waals surface area contributed by atoms with Crippen LogP contribution < -0.4 is 10.6 Å². The number of carbonyl (C=O) groups is 5. The number of benzene rings is 2. The minimum Gasteiger partial charge on any atom is -0.457 e. The second kappa shape index (κ2) is 16.2. The molecule has 44 heavy (non-hydrogen) atoms. The van der Waals surface area contributed by atoms with Crippen LogP contribution in [-0.4, -0.2) is 82.6 Å². The van der Waals surface area contributed by atoms with E-state index in [-0.39, 0.29) is 31.3 Å². The minimum absolute atomic E-state index is 0.00832. The van der Waals surface area contributed by atoms with Crippen molar-refractivity contribution in [3.63, 3.8) is 0 Å². The summed E-state index contributed by atoms with van der Waals surface area (Å²) in [7, 11) is 0. The van der Waals surface area contributed by atoms with Crippen LogP contribution in [0.2, 0.25) is 0 Å². The Morgan fingerprint density at radius 2 is 1.52 bits per heavy atom. The van der Waals surface area contributed by atoms with E-state index in [1.54, 1.807) is 38.1 Å². The summed E-state index contributed by atoms with van der Waals surface area (Å²) in [5.74, 6) is -2.65. The highest BCUT2D eigenvalue weighted by atomic mass is 32.2. The zero-order valence-corrected chi connectivity index (χ0v) is 26.6. The van der Waals surface area contributed by atoms with E-state index >= 15 is 0 Å². The Balaban J connectivity index is 1.74. The zero-order chi connectivity index (χ0) is 32.3. The number of nitrogens with one attached hydrogen (secondary N) is 2. The first-order chi connectivity index (χ1) is 20.8. The van der Waals surface area contributed by atoms with Gasteiger partial charge in [-0.15, -0.1) is 11.8 Å². The lowest BCUT2D eigenvalue weighted by molar-refractivity contribution is -0.158. The molecule has 1 fully saturated rings. The highest BCUT2D eigenvalue weighted by Crippen LogP contribution is 2.23. The number of amides is 3. The second-order valence-electron chi connectivity index (χ2n) is 11.6. The molecule has 3 rings (SSSR count). The van der Waals surface area contributed by atoms with Gasteiger partial charge in [-0.2, -0.15) is 0 Å². The summed E-state index contributed by atoms with van der Waals surface area (Å²) in [4.78, 5) is 66.9. The molecule has 0 bridgehead atoms. The quantitative estimate of drug-likeness (QED) is 0.253. The first-order valence-electron chi connectivity index (χ1n) is 14.4. The van der Waals surface area contributed by atoms with Gasteiger partial charge in [-0.05, 0) is 45.7 Å². The van der Waals surface area contributed by atoms with Gasteiger partial charge in [-0.25, -0.2) is 9.59 Å². The Kier molecular flexibility index (Phi) is 12.8. The van der Waals surface area contributed by atoms with E-state index in [1.807, 2.05) is 57.2 Å². The van der Waals surface area contributed by atoms with Gasteiger partial charge in [0.2, 0.25) is 11.8 Å². The molecule has 0 radical (unpaired) electrons. The predicted octanol–water partition coefficient (Wildman–Crippen LogP) is 3.25. The van der Waals surface area contributed by atoms with Crippen LogP contribution in [0.5, 0.6) is 0 Å². The highest BCUT2D eigenvalue weighted by molar-refractivity contribution is 7.99. The summed E-state index contributed by atoms with van der Waals surface area (Å²) in [5.41, 5.74) is 0.899. The Bertz CT molecular complexity index is 1280. The van der Waals surface area contributed by atoms with Gasteiger partial charge in [-0.3, -0.25) is 14.4 Å². The molecule has 2 N–H and O–H groups in total. The van der Waals surface area contributed by atoms with Crippen molar-refractivity contribution >= 4 is 41.4 Å². The van der Waals surface area contributed by atoms with Crippen LogP contribution in [0.15, 0.2) is 60.7 Å². The van der Waals surface area contributed by atoms with Gasteiger partial charge in [0.05, 0.1) is 24.2 Å². The van der Waals surface area contributed by atoms with E-state index in [0.717, 1.165) is 11.1 Å². The Labute approximate surface area is 262 Å². The van der Waals surface area contributed by atoms with Crippen molar-refractivity contribution in [1.29, 1.82) is 0 Å². The summed E-state index contributed by atoms with van der Waals surface area (Å²) in [6.07, 6.45) is -1.27. The zero-order valence-electron chi connectivity index (χ0n) is 25.7. The molecule has 3 amide bonds. The van der Waals surface area contributed by atoms with Gasteiger partial charge in [-0.1, -0.05) is 60.7 Å². The molecule has 0 aliphatic carbocycles. The lowest BCUT2D eigenvalue weighted by Gasteiger charge is -2.30. The molecule has 0 aromatic heterocycles. The minimum atomic E-state index is -1.20. The largest absolute Gasteiger partial charge is 0.457 e. The SMILES string of the molecule is CC(C)OC(=O)C(=O)[C@H](Cc1ccccc1)NC(=O)[C@@H]1CSCN1C(=O)[C@H](COC(C)(C)C)NC(=O)OCc1ccccc1. The molecule has 12 heteroatoms. The second-order valence-corrected chi connectivity index (χ2v) is 12.6. The lowest BCUT2D eigenvalue weighted by atomic mass is 10.0. The highest BCUT2D eigenvalue weighted by Gasteiger charge is 2.40. The molecule has 11 nitrogen and oxygen atoms in total. The monoisotopic (exact) mass is 627 g/mol. The van der Waals surface area contributed by atoms with Crippen LogP contribution in [-0.2, 0) is 46.4 Å². The first kappa shape index (κ1) is 34.6. The molecule has 0 spiro atoms. The van der Waals surface area contributed by atoms with Gasteiger partial charge in [0.25, 0.3) is 5.78 Å². The van der Waals surface area contributed by atoms with Crippen molar-refractivity contribution < 1.29 is 38.2 Å². The van der Waals surface area contributed by atoms with Crippen LogP contribution in [0.3, 0.4) is 0 Å². The third-order valence-corrected chi connectivity index (χ3v) is 7.43. The number of alkyl carbamates (subject to hydrolysis) is 1. The first-order valence-corrected chi connectivity index (χ1v) is 15.6. The number of ketones is 1. The predicted molar refractivity (Wildman–Crippen MR) is 166 cm³/mol. The number of hydrogen-bond acceptors (Lipinski definition) is 9. The fourth-order valence-corrected chi connectivity index (χ4v) is 5.40. The average Bonchev–Trinajstić information content (AvgIpc) is 3.48. The molecule has 0 unspecified atom stereocenters. The number of hydrogen-bond donors (Lipinski definition) is 2. The fourth-order valence-electron chi connectivity index (χ4n) is 4.23. The van der Waals surface area contributed by atoms with Crippen LogP contribution in [0.1, 0.15) is 45.7 Å². The van der Waals surface area contributed by atoms with Gasteiger partial charge < -0.3 is 29.7 Å². The molecule has 1 saturated heterocycles. The molecule has 238 valence electrons. The standard InChI is InChI=1S/C32H41N3O8S/c1-21(2)43-30(39)27(36)24(16-22-12-8-6-9-13-22)33-28(37)26-19-44-20-35(26)29(38)25(18-42-32(3,4)5)34-31(40)41-17-23-14-10-7-11-15-23/h6-15,21,24-26H,16-20H2,1-5H3,(H,33,37)(H,34,40)/t24-,25-,26-/m0/s1. The molecular formula is C32H41N3O8S. The van der Waals surface area contributed by atoms with E-state index in [2.05, 4.69) is 10.6 Å². The van der Waals surface area contributed by atoms with Crippen LogP contribution in [0.4, 0.5) is 4.79 Å². The maximum absolute atomic E-state index is 13.8. The molecule has 1 aliphatic heterocycles. The number of thioether (sulfide) groups is 1. The van der Waals surface area contributed by atoms with E-state index in [4.69, 9.17) is 14.2 Å². The smallest absolute Gasteiger partial charge is 0.408 e. The number of carbonyl (C=O) groups excluding carboxylic acids is 5. The molecular weight excluding hydrogens is 586 g/mol. The number of rotatable bonds is 13. The normalized spacial score (nSPS) is 16.1. The van der Waals surface area contributed by atoms with Crippen LogP contribution in [0, 0.1) is 0 Å². The van der Waals surface area contributed by atoms with Crippen molar-refractivity contribution in [3.05, 3.63) is 71.8 Å². The van der Waals surface area contributed by atoms with E-state index in [0.29, 0.717) is 0 Å². The number of Topliss-reactive ketones (excluding diaryl/α,β-unsaturated/α-hetero) is 1. The number of esters is 1. The third-order valence-electron chi connectivity index (χ3n) is 6.41. The van der Waals surface area contributed by atoms with E-state index in [9.17, 15) is 24.0 Å². The van der Waals surface area contributed by atoms with Gasteiger partial charge >= 0.3 is 12.1 Å². The maximum atomic E-state index is 13.8. The maximum Gasteiger partial charge on any atom is 0.408 e. The summed E-state index contributed by atoms with van der Waals surface area (Å²) >= 11 is 1.35. The van der Waals surface area contributed by atoms with E-state index < -0.39 is 59.5 Å². The summed E-state index contributed by atoms with van der Waals surface area (Å²) < 4.78 is 16.2. The Hall–Kier alpha value is -3.90. The Morgan fingerprint density at radius 1 is 0.909 bits per heavy atom. The third kappa shape index (κ3) is 11.0.